The normalized spacial score (nSPS) is 26.0. The predicted molar refractivity (Wildman–Crippen MR) is 58.5 cm³/mol. The molecular formula is C9H18N2OS. The van der Waals surface area contributed by atoms with E-state index in [0.29, 0.717) is 12.6 Å². The van der Waals surface area contributed by atoms with Crippen LogP contribution in [-0.2, 0) is 4.74 Å². The van der Waals surface area contributed by atoms with Crippen molar-refractivity contribution < 1.29 is 4.74 Å². The number of methoxy groups -OCH3 is 1. The lowest BCUT2D eigenvalue weighted by molar-refractivity contribution is 0.208. The van der Waals surface area contributed by atoms with E-state index >= 15 is 0 Å². The molecule has 0 amide bonds. The molecule has 1 aliphatic rings. The Morgan fingerprint density at radius 1 is 1.69 bits per heavy atom. The van der Waals surface area contributed by atoms with Crippen molar-refractivity contribution in [3.63, 3.8) is 0 Å². The van der Waals surface area contributed by atoms with Crippen LogP contribution in [0.25, 0.3) is 0 Å². The summed E-state index contributed by atoms with van der Waals surface area (Å²) in [5.41, 5.74) is 0. The van der Waals surface area contributed by atoms with Crippen LogP contribution in [-0.4, -0.2) is 37.2 Å². The van der Waals surface area contributed by atoms with Crippen LogP contribution in [0.5, 0.6) is 0 Å². The van der Waals surface area contributed by atoms with Crippen molar-refractivity contribution in [1.29, 1.82) is 0 Å². The van der Waals surface area contributed by atoms with Crippen LogP contribution in [0, 0.1) is 0 Å². The van der Waals surface area contributed by atoms with E-state index in [2.05, 4.69) is 17.2 Å². The Labute approximate surface area is 84.3 Å². The largest absolute Gasteiger partial charge is 0.383 e. The Morgan fingerprint density at radius 2 is 2.54 bits per heavy atom. The molecule has 1 rings (SSSR count). The molecule has 1 unspecified atom stereocenters. The number of amidine groups is 1. The molecule has 1 N–H and O–H groups in total. The second-order valence-electron chi connectivity index (χ2n) is 3.07. The smallest absolute Gasteiger partial charge is 0.156 e. The topological polar surface area (TPSA) is 33.6 Å². The van der Waals surface area contributed by atoms with E-state index in [0.717, 1.165) is 11.7 Å². The third kappa shape index (κ3) is 4.00. The Balaban J connectivity index is 2.28. The molecule has 0 aliphatic carbocycles. The summed E-state index contributed by atoms with van der Waals surface area (Å²) in [6.45, 7) is 3.69. The number of hydrogen-bond donors (Lipinski definition) is 1. The van der Waals surface area contributed by atoms with Gasteiger partial charge in [-0.25, -0.2) is 0 Å². The molecule has 13 heavy (non-hydrogen) atoms. The van der Waals surface area contributed by atoms with E-state index in [1.54, 1.807) is 7.11 Å². The van der Waals surface area contributed by atoms with Crippen molar-refractivity contribution in [2.45, 2.75) is 25.8 Å². The van der Waals surface area contributed by atoms with Gasteiger partial charge in [0.15, 0.2) is 5.17 Å². The van der Waals surface area contributed by atoms with E-state index in [1.165, 1.54) is 18.6 Å². The predicted octanol–water partition coefficient (Wildman–Crippen LogP) is 1.49. The van der Waals surface area contributed by atoms with Gasteiger partial charge in [-0.2, -0.15) is 0 Å². The van der Waals surface area contributed by atoms with Crippen LogP contribution in [0.15, 0.2) is 4.99 Å². The zero-order valence-electron chi connectivity index (χ0n) is 8.38. The van der Waals surface area contributed by atoms with Gasteiger partial charge in [0.1, 0.15) is 0 Å². The summed E-state index contributed by atoms with van der Waals surface area (Å²) in [6, 6.07) is 0.627. The molecule has 0 saturated carbocycles. The molecule has 0 spiro atoms. The summed E-state index contributed by atoms with van der Waals surface area (Å²) >= 11 is 1.82. The Morgan fingerprint density at radius 3 is 3.23 bits per heavy atom. The molecule has 0 aromatic rings. The lowest BCUT2D eigenvalue weighted by Gasteiger charge is -2.24. The van der Waals surface area contributed by atoms with Gasteiger partial charge in [-0.05, 0) is 12.8 Å². The van der Waals surface area contributed by atoms with Gasteiger partial charge >= 0.3 is 0 Å². The highest BCUT2D eigenvalue weighted by molar-refractivity contribution is 8.13. The maximum absolute atomic E-state index is 4.94. The molecule has 76 valence electrons. The fourth-order valence-corrected chi connectivity index (χ4v) is 2.25. The van der Waals surface area contributed by atoms with Gasteiger partial charge in [-0.3, -0.25) is 4.99 Å². The number of nitrogens with one attached hydrogen (secondary N) is 1. The number of hydrogen-bond acceptors (Lipinski definition) is 3. The van der Waals surface area contributed by atoms with Crippen LogP contribution >= 0.6 is 11.8 Å². The van der Waals surface area contributed by atoms with Crippen molar-refractivity contribution in [3.05, 3.63) is 0 Å². The third-order valence-corrected chi connectivity index (χ3v) is 3.04. The molecule has 1 saturated heterocycles. The van der Waals surface area contributed by atoms with Crippen molar-refractivity contribution in [2.75, 3.05) is 26.0 Å². The second-order valence-corrected chi connectivity index (χ2v) is 4.15. The van der Waals surface area contributed by atoms with Crippen LogP contribution in [0.4, 0.5) is 0 Å². The quantitative estimate of drug-likeness (QED) is 0.701. The van der Waals surface area contributed by atoms with Crippen LogP contribution in [0.2, 0.25) is 0 Å². The zero-order valence-corrected chi connectivity index (χ0v) is 9.19. The first-order valence-corrected chi connectivity index (χ1v) is 5.78. The van der Waals surface area contributed by atoms with E-state index in [-0.39, 0.29) is 0 Å². The van der Waals surface area contributed by atoms with Crippen LogP contribution in [0.3, 0.4) is 0 Å². The first-order chi connectivity index (χ1) is 6.36. The van der Waals surface area contributed by atoms with Crippen LogP contribution in [0.1, 0.15) is 19.8 Å². The molecular weight excluding hydrogens is 184 g/mol. The average molecular weight is 202 g/mol. The maximum atomic E-state index is 4.94. The molecule has 0 aromatic carbocycles. The molecule has 3 nitrogen and oxygen atoms in total. The van der Waals surface area contributed by atoms with Gasteiger partial charge in [0.05, 0.1) is 13.2 Å². The lowest BCUT2D eigenvalue weighted by atomic mass is 10.2. The lowest BCUT2D eigenvalue weighted by Crippen LogP contribution is -2.37. The van der Waals surface area contributed by atoms with E-state index < -0.39 is 0 Å². The highest BCUT2D eigenvalue weighted by atomic mass is 32.2. The van der Waals surface area contributed by atoms with Gasteiger partial charge in [-0.15, -0.1) is 0 Å². The highest BCUT2D eigenvalue weighted by Crippen LogP contribution is 2.15. The molecule has 1 atom stereocenters. The average Bonchev–Trinajstić information content (AvgIpc) is 2.19. The monoisotopic (exact) mass is 202 g/mol. The minimum Gasteiger partial charge on any atom is -0.383 e. The maximum Gasteiger partial charge on any atom is 0.156 e. The summed E-state index contributed by atoms with van der Waals surface area (Å²) < 4.78 is 4.94. The summed E-state index contributed by atoms with van der Waals surface area (Å²) in [7, 11) is 1.70. The summed E-state index contributed by atoms with van der Waals surface area (Å²) in [4.78, 5) is 4.41. The molecule has 4 heteroatoms. The van der Waals surface area contributed by atoms with Crippen molar-refractivity contribution in [3.8, 4) is 0 Å². The van der Waals surface area contributed by atoms with Crippen molar-refractivity contribution in [2.24, 2.45) is 4.99 Å². The SMILES string of the molecule is CCC1CCSC(=NCCOC)N1. The van der Waals surface area contributed by atoms with Crippen molar-refractivity contribution in [1.82, 2.24) is 5.32 Å². The van der Waals surface area contributed by atoms with E-state index in [4.69, 9.17) is 4.74 Å². The number of nitrogens with zero attached hydrogens (tertiary/aromatic N) is 1. The molecule has 0 bridgehead atoms. The summed E-state index contributed by atoms with van der Waals surface area (Å²) in [6.07, 6.45) is 2.44. The van der Waals surface area contributed by atoms with Crippen molar-refractivity contribution >= 4 is 16.9 Å². The molecule has 1 heterocycles. The molecule has 1 aliphatic heterocycles. The number of rotatable bonds is 4. The van der Waals surface area contributed by atoms with Gasteiger partial charge in [0.25, 0.3) is 0 Å². The second kappa shape index (κ2) is 6.27. The number of ether oxygens (including phenoxy) is 1. The first kappa shape index (κ1) is 10.9. The molecule has 1 fully saturated rings. The fourth-order valence-electron chi connectivity index (χ4n) is 1.22. The van der Waals surface area contributed by atoms with Gasteiger partial charge in [0, 0.05) is 18.9 Å². The van der Waals surface area contributed by atoms with Gasteiger partial charge in [-0.1, -0.05) is 18.7 Å². The summed E-state index contributed by atoms with van der Waals surface area (Å²) in [5, 5.41) is 4.51. The standard InChI is InChI=1S/C9H18N2OS/c1-3-8-4-7-13-9(11-8)10-5-6-12-2/h8H,3-7H2,1-2H3,(H,10,11). The first-order valence-electron chi connectivity index (χ1n) is 4.79. The Bertz CT molecular complexity index is 173. The summed E-state index contributed by atoms with van der Waals surface area (Å²) in [5.74, 6) is 1.19. The number of thioether (sulfide) groups is 1. The minimum absolute atomic E-state index is 0.627. The van der Waals surface area contributed by atoms with Gasteiger partial charge in [0.2, 0.25) is 0 Å². The van der Waals surface area contributed by atoms with E-state index in [9.17, 15) is 0 Å². The fraction of sp³-hybridized carbons (Fsp3) is 0.889. The zero-order chi connectivity index (χ0) is 9.52. The van der Waals surface area contributed by atoms with Crippen LogP contribution < -0.4 is 5.32 Å². The minimum atomic E-state index is 0.627. The third-order valence-electron chi connectivity index (χ3n) is 2.08. The number of aliphatic imine (C=N–C) groups is 1. The highest BCUT2D eigenvalue weighted by Gasteiger charge is 2.14. The van der Waals surface area contributed by atoms with Gasteiger partial charge < -0.3 is 10.1 Å². The Kier molecular flexibility index (Phi) is 5.23. The Hall–Kier alpha value is -0.220. The molecule has 0 radical (unpaired) electrons. The van der Waals surface area contributed by atoms with E-state index in [1.807, 2.05) is 11.8 Å². The molecule has 0 aromatic heterocycles.